The van der Waals surface area contributed by atoms with Gasteiger partial charge in [-0.1, -0.05) is 66.2 Å². The second kappa shape index (κ2) is 23.0. The maximum Gasteiger partial charge on any atom is 0.341 e. The molecule has 0 amide bonds. The summed E-state index contributed by atoms with van der Waals surface area (Å²) >= 11 is 0. The number of hydrogen-bond donors (Lipinski definition) is 7. The molecule has 0 heterocycles. The largest absolute Gasteiger partial charge is 0.507 e. The van der Waals surface area contributed by atoms with Crippen molar-refractivity contribution in [1.29, 1.82) is 0 Å². The van der Waals surface area contributed by atoms with Crippen LogP contribution >= 0.6 is 0 Å². The van der Waals surface area contributed by atoms with Crippen LogP contribution in [0.1, 0.15) is 140 Å². The molecular formula is C65H70O13. The highest BCUT2D eigenvalue weighted by atomic mass is 16.5. The summed E-state index contributed by atoms with van der Waals surface area (Å²) < 4.78 is 18.4. The van der Waals surface area contributed by atoms with E-state index in [9.17, 15) is 50.1 Å². The lowest BCUT2D eigenvalue weighted by atomic mass is 9.77. The molecule has 0 aliphatic carbocycles. The molecule has 0 radical (unpaired) electrons. The van der Waals surface area contributed by atoms with Crippen molar-refractivity contribution in [1.82, 2.24) is 0 Å². The molecule has 13 heteroatoms. The van der Waals surface area contributed by atoms with Gasteiger partial charge in [0, 0.05) is 35.8 Å². The first-order valence-corrected chi connectivity index (χ1v) is 25.8. The summed E-state index contributed by atoms with van der Waals surface area (Å²) in [4.78, 5) is 36.5. The van der Waals surface area contributed by atoms with E-state index in [1.54, 1.807) is 12.1 Å². The summed E-state index contributed by atoms with van der Waals surface area (Å²) in [5, 5.41) is 74.2. The van der Waals surface area contributed by atoms with Crippen LogP contribution in [-0.2, 0) is 27.2 Å². The van der Waals surface area contributed by atoms with Gasteiger partial charge in [0.25, 0.3) is 0 Å². The predicted octanol–water partition coefficient (Wildman–Crippen LogP) is 12.5. The van der Waals surface area contributed by atoms with Gasteiger partial charge in [-0.3, -0.25) is 0 Å². The molecule has 0 bridgehead atoms. The minimum Gasteiger partial charge on any atom is -0.507 e. The molecule has 7 rings (SSSR count). The van der Waals surface area contributed by atoms with E-state index in [-0.39, 0.29) is 35.8 Å². The second-order valence-corrected chi connectivity index (χ2v) is 20.9. The second-order valence-electron chi connectivity index (χ2n) is 20.9. The van der Waals surface area contributed by atoms with Crippen LogP contribution in [0.25, 0.3) is 0 Å². The van der Waals surface area contributed by atoms with Gasteiger partial charge in [0.05, 0.1) is 0 Å². The van der Waals surface area contributed by atoms with Gasteiger partial charge >= 0.3 is 17.9 Å². The normalized spacial score (nSPS) is 11.4. The predicted molar refractivity (Wildman–Crippen MR) is 300 cm³/mol. The fourth-order valence-corrected chi connectivity index (χ4v) is 11.0. The van der Waals surface area contributed by atoms with Crippen LogP contribution in [0.4, 0.5) is 0 Å². The van der Waals surface area contributed by atoms with Crippen LogP contribution in [-0.4, -0.2) is 73.5 Å². The van der Waals surface area contributed by atoms with Crippen molar-refractivity contribution in [2.75, 3.05) is 19.8 Å². The number of rotatable bonds is 19. The Morgan fingerprint density at radius 3 is 0.936 bits per heavy atom. The maximum atomic E-state index is 12.3. The summed E-state index contributed by atoms with van der Waals surface area (Å²) in [6.45, 7) is 22.5. The summed E-state index contributed by atoms with van der Waals surface area (Å²) in [5.41, 5.74) is 16.9. The van der Waals surface area contributed by atoms with Crippen molar-refractivity contribution in [3.05, 3.63) is 201 Å². The quantitative estimate of drug-likeness (QED) is 0.0375. The van der Waals surface area contributed by atoms with Crippen LogP contribution < -0.4 is 14.2 Å². The molecule has 0 spiro atoms. The number of carboxylic acids is 3. The number of benzene rings is 7. The van der Waals surface area contributed by atoms with Crippen LogP contribution in [0, 0.1) is 90.0 Å². The van der Waals surface area contributed by atoms with Crippen LogP contribution in [0.3, 0.4) is 0 Å². The van der Waals surface area contributed by atoms with E-state index in [1.807, 2.05) is 151 Å². The first-order chi connectivity index (χ1) is 36.7. The molecule has 0 aromatic heterocycles. The van der Waals surface area contributed by atoms with Gasteiger partial charge in [-0.2, -0.15) is 0 Å². The number of aromatic hydroxyl groups is 4. The van der Waals surface area contributed by atoms with Crippen molar-refractivity contribution < 1.29 is 64.3 Å². The third-order valence-electron chi connectivity index (χ3n) is 15.6. The number of aliphatic carboxylic acids is 3. The smallest absolute Gasteiger partial charge is 0.341 e. The highest BCUT2D eigenvalue weighted by Gasteiger charge is 2.31. The topological polar surface area (TPSA) is 221 Å². The molecule has 7 N–H and O–H groups in total. The Morgan fingerprint density at radius 1 is 0.372 bits per heavy atom. The van der Waals surface area contributed by atoms with Gasteiger partial charge in [0.1, 0.15) is 40.2 Å². The number of phenols is 4. The minimum absolute atomic E-state index is 0.166. The van der Waals surface area contributed by atoms with Crippen molar-refractivity contribution in [2.45, 2.75) is 115 Å². The molecule has 0 saturated carbocycles. The summed E-state index contributed by atoms with van der Waals surface area (Å²) in [6.07, 6.45) is 0.462. The zero-order chi connectivity index (χ0) is 57.3. The van der Waals surface area contributed by atoms with Crippen molar-refractivity contribution in [2.24, 2.45) is 0 Å². The highest BCUT2D eigenvalue weighted by Crippen LogP contribution is 2.48. The van der Waals surface area contributed by atoms with E-state index in [1.165, 1.54) is 0 Å². The Hall–Kier alpha value is -8.45. The lowest BCUT2D eigenvalue weighted by Crippen LogP contribution is -2.15. The fourth-order valence-electron chi connectivity index (χ4n) is 11.0. The molecule has 0 fully saturated rings. The monoisotopic (exact) mass is 1060 g/mol. The Balaban J connectivity index is 1.44. The zero-order valence-corrected chi connectivity index (χ0v) is 46.7. The molecule has 7 aromatic rings. The van der Waals surface area contributed by atoms with Crippen LogP contribution in [0.2, 0.25) is 0 Å². The van der Waals surface area contributed by atoms with Gasteiger partial charge < -0.3 is 50.0 Å². The highest BCUT2D eigenvalue weighted by molar-refractivity contribution is 5.71. The Labute approximate surface area is 456 Å². The Bertz CT molecular complexity index is 3200. The maximum absolute atomic E-state index is 12.3. The Morgan fingerprint density at radius 2 is 0.654 bits per heavy atom. The van der Waals surface area contributed by atoms with Gasteiger partial charge in [-0.05, 0) is 213 Å². The minimum atomic E-state index is -1.18. The molecule has 7 aromatic carbocycles. The number of carbonyl (C=O) groups is 3. The summed E-state index contributed by atoms with van der Waals surface area (Å²) in [7, 11) is 0. The number of carboxylic acid groups (broad SMARTS) is 3. The fraction of sp³-hybridized carbons (Fsp3) is 0.308. The SMILES string of the molecule is Cc1cc(Cc2ccc(OCC(=O)O)c(C(c3cc(C)c(O)c(C)c3C)c3cc(C)c(O)c(C)c3C)c2)c(OCC(=O)O)c(Cc2ccc(OCC(=O)O)c(C(c3cc(C)c(O)c(C)c3C)c3cc(C)c(O)c(C)c3C)c2)c1. The molecule has 0 unspecified atom stereocenters. The van der Waals surface area contributed by atoms with Crippen LogP contribution in [0.5, 0.6) is 40.2 Å². The first kappa shape index (κ1) is 57.3. The van der Waals surface area contributed by atoms with E-state index in [4.69, 9.17) is 14.2 Å². The van der Waals surface area contributed by atoms with Gasteiger partial charge in [-0.25, -0.2) is 14.4 Å². The summed E-state index contributed by atoms with van der Waals surface area (Å²) in [5.74, 6) is -3.05. The molecule has 0 saturated heterocycles. The Kier molecular flexibility index (Phi) is 16.9. The average molecular weight is 1060 g/mol. The lowest BCUT2D eigenvalue weighted by Gasteiger charge is -2.28. The lowest BCUT2D eigenvalue weighted by molar-refractivity contribution is -0.140. The van der Waals surface area contributed by atoms with E-state index in [0.29, 0.717) is 84.0 Å². The van der Waals surface area contributed by atoms with Crippen molar-refractivity contribution in [3.8, 4) is 40.2 Å². The first-order valence-electron chi connectivity index (χ1n) is 25.8. The molecule has 0 atom stereocenters. The van der Waals surface area contributed by atoms with Gasteiger partial charge in [0.2, 0.25) is 0 Å². The molecular weight excluding hydrogens is 989 g/mol. The van der Waals surface area contributed by atoms with E-state index >= 15 is 0 Å². The number of ether oxygens (including phenoxy) is 3. The van der Waals surface area contributed by atoms with Crippen molar-refractivity contribution in [3.63, 3.8) is 0 Å². The molecule has 408 valence electrons. The third kappa shape index (κ3) is 11.6. The van der Waals surface area contributed by atoms with Crippen molar-refractivity contribution >= 4 is 17.9 Å². The standard InChI is InChI=1S/C65H70O13/c1-31-18-46(24-44-14-16-54(76-28-56(66)67)52(26-44)59(48-20-32(2)61(72)40(10)36(48)6)49-21-33(3)62(73)41(11)37(49)7)65(78-30-58(70)71)47(19-31)25-45-15-17-55(77-29-57(68)69)53(27-45)60(50-22-34(4)63(74)42(12)38(50)8)51-23-35(5)64(75)43(13)39(51)9/h14-23,26-27,59-60,72-75H,24-25,28-30H2,1-13H3,(H,66,67)(H,68,69)(H,70,71). The third-order valence-corrected chi connectivity index (χ3v) is 15.6. The zero-order valence-electron chi connectivity index (χ0n) is 46.7. The van der Waals surface area contributed by atoms with E-state index < -0.39 is 49.6 Å². The van der Waals surface area contributed by atoms with E-state index in [0.717, 1.165) is 61.2 Å². The van der Waals surface area contributed by atoms with Gasteiger partial charge in [-0.15, -0.1) is 0 Å². The summed E-state index contributed by atoms with van der Waals surface area (Å²) in [6, 6.07) is 22.7. The molecule has 13 nitrogen and oxygen atoms in total. The average Bonchev–Trinajstić information content (AvgIpc) is 3.55. The molecule has 0 aliphatic heterocycles. The molecule has 78 heavy (non-hydrogen) atoms. The number of hydrogen-bond acceptors (Lipinski definition) is 10. The van der Waals surface area contributed by atoms with Crippen LogP contribution in [0.15, 0.2) is 72.8 Å². The molecule has 0 aliphatic rings. The van der Waals surface area contributed by atoms with E-state index in [2.05, 4.69) is 0 Å². The number of phenolic OH excluding ortho intramolecular Hbond substituents is 4. The van der Waals surface area contributed by atoms with Gasteiger partial charge in [0.15, 0.2) is 19.8 Å². The number of aryl methyl sites for hydroxylation is 5.